The van der Waals surface area contributed by atoms with Crippen LogP contribution in [0.4, 0.5) is 4.39 Å². The maximum atomic E-state index is 13.6. The molecule has 0 heterocycles. The van der Waals surface area contributed by atoms with Gasteiger partial charge in [-0.3, -0.25) is 9.36 Å². The Balaban J connectivity index is 3.68. The Morgan fingerprint density at radius 1 is 1.32 bits per heavy atom. The van der Waals surface area contributed by atoms with Crippen LogP contribution < -0.4 is 0 Å². The van der Waals surface area contributed by atoms with Crippen molar-refractivity contribution in [2.75, 3.05) is 21.3 Å². The van der Waals surface area contributed by atoms with Crippen molar-refractivity contribution in [1.82, 2.24) is 0 Å². The van der Waals surface area contributed by atoms with Crippen LogP contribution in [0.5, 0.6) is 0 Å². The van der Waals surface area contributed by atoms with Crippen molar-refractivity contribution >= 4 is 19.9 Å². The lowest BCUT2D eigenvalue weighted by Gasteiger charge is -2.35. The quantitative estimate of drug-likeness (QED) is 0.414. The van der Waals surface area contributed by atoms with Gasteiger partial charge >= 0.3 is 13.6 Å². The molecule has 0 aromatic heterocycles. The molecule has 1 aromatic carbocycles. The summed E-state index contributed by atoms with van der Waals surface area (Å²) < 4.78 is 41.3. The standard InChI is InChI=1S/C14H18FO6P/c1-19-13(17)14(8-5-9-16,22(18,20-2)21-3)11-6-4-7-12(15)10-11/h4,6-7,9-10H,5,8H2,1-3H3. The molecule has 6 nitrogen and oxygen atoms in total. The Morgan fingerprint density at radius 3 is 2.41 bits per heavy atom. The number of benzene rings is 1. The van der Waals surface area contributed by atoms with Gasteiger partial charge in [-0.1, -0.05) is 12.1 Å². The third-order valence-corrected chi connectivity index (χ3v) is 5.96. The lowest BCUT2D eigenvalue weighted by atomic mass is 9.93. The number of carbonyl (C=O) groups excluding carboxylic acids is 2. The fourth-order valence-electron chi connectivity index (χ4n) is 2.34. The van der Waals surface area contributed by atoms with Gasteiger partial charge in [0.25, 0.3) is 0 Å². The minimum atomic E-state index is -4.07. The first-order chi connectivity index (χ1) is 10.4. The van der Waals surface area contributed by atoms with E-state index in [2.05, 4.69) is 0 Å². The Bertz CT molecular complexity index is 582. The van der Waals surface area contributed by atoms with Crippen LogP contribution in [-0.4, -0.2) is 33.6 Å². The largest absolute Gasteiger partial charge is 0.468 e. The Morgan fingerprint density at radius 2 is 1.95 bits per heavy atom. The van der Waals surface area contributed by atoms with Crippen LogP contribution in [0.15, 0.2) is 24.3 Å². The van der Waals surface area contributed by atoms with Crippen LogP contribution in [0.3, 0.4) is 0 Å². The van der Waals surface area contributed by atoms with Crippen molar-refractivity contribution < 1.29 is 32.3 Å². The van der Waals surface area contributed by atoms with Crippen molar-refractivity contribution in [3.63, 3.8) is 0 Å². The van der Waals surface area contributed by atoms with Gasteiger partial charge in [0.1, 0.15) is 12.1 Å². The topological polar surface area (TPSA) is 78.9 Å². The third kappa shape index (κ3) is 3.11. The number of hydrogen-bond donors (Lipinski definition) is 0. The van der Waals surface area contributed by atoms with E-state index in [0.29, 0.717) is 6.29 Å². The first-order valence-electron chi connectivity index (χ1n) is 6.41. The number of methoxy groups -OCH3 is 1. The van der Waals surface area contributed by atoms with E-state index in [1.807, 2.05) is 0 Å². The molecule has 0 saturated heterocycles. The Hall–Kier alpha value is -1.56. The van der Waals surface area contributed by atoms with Gasteiger partial charge in [0.05, 0.1) is 7.11 Å². The van der Waals surface area contributed by atoms with Crippen molar-refractivity contribution in [3.8, 4) is 0 Å². The van der Waals surface area contributed by atoms with E-state index in [1.54, 1.807) is 0 Å². The van der Waals surface area contributed by atoms with Crippen LogP contribution in [-0.2, 0) is 33.1 Å². The zero-order valence-corrected chi connectivity index (χ0v) is 13.5. The van der Waals surface area contributed by atoms with E-state index < -0.39 is 24.5 Å². The monoisotopic (exact) mass is 332 g/mol. The van der Waals surface area contributed by atoms with Gasteiger partial charge in [0.2, 0.25) is 0 Å². The summed E-state index contributed by atoms with van der Waals surface area (Å²) in [5, 5.41) is -1.92. The maximum absolute atomic E-state index is 13.6. The lowest BCUT2D eigenvalue weighted by Crippen LogP contribution is -2.38. The second-order valence-corrected chi connectivity index (χ2v) is 6.92. The molecule has 22 heavy (non-hydrogen) atoms. The highest BCUT2D eigenvalue weighted by Gasteiger charge is 2.58. The molecular formula is C14H18FO6P. The summed E-state index contributed by atoms with van der Waals surface area (Å²) in [4.78, 5) is 23.2. The second-order valence-electron chi connectivity index (χ2n) is 4.43. The summed E-state index contributed by atoms with van der Waals surface area (Å²) in [6.45, 7) is 0. The minimum Gasteiger partial charge on any atom is -0.468 e. The molecule has 0 radical (unpaired) electrons. The molecule has 0 bridgehead atoms. The zero-order chi connectivity index (χ0) is 16.8. The first kappa shape index (κ1) is 18.5. The summed E-state index contributed by atoms with van der Waals surface area (Å²) in [5.74, 6) is -1.55. The predicted octanol–water partition coefficient (Wildman–Crippen LogP) is 2.66. The maximum Gasteiger partial charge on any atom is 0.351 e. The van der Waals surface area contributed by atoms with Crippen molar-refractivity contribution in [2.24, 2.45) is 0 Å². The smallest absolute Gasteiger partial charge is 0.351 e. The summed E-state index contributed by atoms with van der Waals surface area (Å²) in [6, 6.07) is 5.00. The molecule has 0 N–H and O–H groups in total. The van der Waals surface area contributed by atoms with Crippen LogP contribution >= 0.6 is 7.60 Å². The van der Waals surface area contributed by atoms with Crippen LogP contribution in [0, 0.1) is 5.82 Å². The highest BCUT2D eigenvalue weighted by Crippen LogP contribution is 2.66. The first-order valence-corrected chi connectivity index (χ1v) is 7.95. The molecule has 0 fully saturated rings. The van der Waals surface area contributed by atoms with Gasteiger partial charge < -0.3 is 18.6 Å². The fourth-order valence-corrected chi connectivity index (χ4v) is 4.29. The SMILES string of the molecule is COC(=O)C(CCC=O)(c1cccc(F)c1)P(=O)(OC)OC. The molecule has 0 amide bonds. The molecule has 0 aliphatic carbocycles. The van der Waals surface area contributed by atoms with E-state index in [1.165, 1.54) is 18.2 Å². The van der Waals surface area contributed by atoms with Crippen molar-refractivity contribution in [1.29, 1.82) is 0 Å². The van der Waals surface area contributed by atoms with E-state index in [9.17, 15) is 18.5 Å². The summed E-state index contributed by atoms with van der Waals surface area (Å²) in [5.41, 5.74) is 0.0632. The number of carbonyl (C=O) groups is 2. The minimum absolute atomic E-state index is 0.0632. The molecule has 122 valence electrons. The molecule has 0 aliphatic heterocycles. The zero-order valence-electron chi connectivity index (χ0n) is 12.6. The average Bonchev–Trinajstić information content (AvgIpc) is 2.54. The van der Waals surface area contributed by atoms with Gasteiger partial charge in [0.15, 0.2) is 5.16 Å². The summed E-state index contributed by atoms with van der Waals surface area (Å²) in [6.07, 6.45) is 0.251. The highest BCUT2D eigenvalue weighted by atomic mass is 31.2. The van der Waals surface area contributed by atoms with Crippen molar-refractivity contribution in [3.05, 3.63) is 35.6 Å². The van der Waals surface area contributed by atoms with E-state index in [0.717, 1.165) is 27.4 Å². The van der Waals surface area contributed by atoms with Crippen molar-refractivity contribution in [2.45, 2.75) is 18.0 Å². The summed E-state index contributed by atoms with van der Waals surface area (Å²) in [7, 11) is -0.736. The Kier molecular flexibility index (Phi) is 6.41. The van der Waals surface area contributed by atoms with Gasteiger partial charge in [-0.15, -0.1) is 0 Å². The van der Waals surface area contributed by atoms with Crippen LogP contribution in [0.25, 0.3) is 0 Å². The van der Waals surface area contributed by atoms with Gasteiger partial charge in [-0.25, -0.2) is 4.39 Å². The summed E-state index contributed by atoms with van der Waals surface area (Å²) >= 11 is 0. The molecule has 1 aromatic rings. The highest BCUT2D eigenvalue weighted by molar-refractivity contribution is 7.56. The number of rotatable bonds is 8. The number of ether oxygens (including phenoxy) is 1. The third-order valence-electron chi connectivity index (χ3n) is 3.40. The normalized spacial score (nSPS) is 14.2. The second kappa shape index (κ2) is 7.63. The van der Waals surface area contributed by atoms with Crippen LogP contribution in [0.2, 0.25) is 0 Å². The van der Waals surface area contributed by atoms with E-state index in [4.69, 9.17) is 13.8 Å². The Labute approximate surface area is 128 Å². The molecule has 0 spiro atoms. The fraction of sp³-hybridized carbons (Fsp3) is 0.429. The van der Waals surface area contributed by atoms with Crippen LogP contribution in [0.1, 0.15) is 18.4 Å². The molecule has 0 saturated carbocycles. The molecular weight excluding hydrogens is 314 g/mol. The number of halogens is 1. The van der Waals surface area contributed by atoms with Gasteiger partial charge in [-0.2, -0.15) is 0 Å². The number of aldehydes is 1. The number of hydrogen-bond acceptors (Lipinski definition) is 6. The van der Waals surface area contributed by atoms with Gasteiger partial charge in [-0.05, 0) is 24.1 Å². The molecule has 0 aliphatic rings. The molecule has 1 rings (SSSR count). The molecule has 1 unspecified atom stereocenters. The number of esters is 1. The molecule has 1 atom stereocenters. The predicted molar refractivity (Wildman–Crippen MR) is 77.0 cm³/mol. The average molecular weight is 332 g/mol. The van der Waals surface area contributed by atoms with Gasteiger partial charge in [0, 0.05) is 20.6 Å². The van der Waals surface area contributed by atoms with E-state index >= 15 is 0 Å². The van der Waals surface area contributed by atoms with E-state index in [-0.39, 0.29) is 18.4 Å². The lowest BCUT2D eigenvalue weighted by molar-refractivity contribution is -0.145. The molecule has 8 heteroatoms.